The molecule has 0 spiro atoms. The van der Waals surface area contributed by atoms with E-state index in [1.165, 1.54) is 0 Å². The van der Waals surface area contributed by atoms with E-state index in [2.05, 4.69) is 0 Å². The maximum absolute atomic E-state index is 14.1. The Kier molecular flexibility index (Phi) is 4.39. The van der Waals surface area contributed by atoms with E-state index in [4.69, 9.17) is 9.47 Å². The van der Waals surface area contributed by atoms with Crippen molar-refractivity contribution in [3.63, 3.8) is 0 Å². The van der Waals surface area contributed by atoms with Gasteiger partial charge in [-0.1, -0.05) is 30.3 Å². The quantitative estimate of drug-likeness (QED) is 0.805. The topological polar surface area (TPSA) is 18.5 Å². The van der Waals surface area contributed by atoms with E-state index in [0.29, 0.717) is 13.2 Å². The van der Waals surface area contributed by atoms with Crippen molar-refractivity contribution in [2.45, 2.75) is 20.5 Å². The lowest BCUT2D eigenvalue weighted by atomic mass is 10.2. The van der Waals surface area contributed by atoms with E-state index in [-0.39, 0.29) is 11.5 Å². The molecule has 0 radical (unpaired) electrons. The fourth-order valence-electron chi connectivity index (χ4n) is 1.80. The fraction of sp³-hybridized carbons (Fsp3) is 0.250. The highest BCUT2D eigenvalue weighted by Crippen LogP contribution is 2.29. The van der Waals surface area contributed by atoms with Gasteiger partial charge >= 0.3 is 0 Å². The number of halogens is 1. The molecule has 2 aromatic rings. The molecule has 0 aliphatic rings. The summed E-state index contributed by atoms with van der Waals surface area (Å²) in [4.78, 5) is 0. The lowest BCUT2D eigenvalue weighted by Gasteiger charge is -2.12. The summed E-state index contributed by atoms with van der Waals surface area (Å²) in [6, 6.07) is 13.0. The molecule has 0 saturated carbocycles. The van der Waals surface area contributed by atoms with Crippen molar-refractivity contribution >= 4 is 0 Å². The van der Waals surface area contributed by atoms with Gasteiger partial charge in [0.2, 0.25) is 5.82 Å². The second kappa shape index (κ2) is 6.23. The van der Waals surface area contributed by atoms with Crippen LogP contribution in [-0.4, -0.2) is 6.61 Å². The second-order valence-corrected chi connectivity index (χ2v) is 4.28. The van der Waals surface area contributed by atoms with E-state index < -0.39 is 5.82 Å². The van der Waals surface area contributed by atoms with E-state index >= 15 is 0 Å². The molecule has 0 bridgehead atoms. The summed E-state index contributed by atoms with van der Waals surface area (Å²) >= 11 is 0. The van der Waals surface area contributed by atoms with Gasteiger partial charge in [-0.25, -0.2) is 0 Å². The first-order chi connectivity index (χ1) is 9.20. The van der Waals surface area contributed by atoms with Crippen LogP contribution >= 0.6 is 0 Å². The summed E-state index contributed by atoms with van der Waals surface area (Å²) in [6.45, 7) is 4.48. The first-order valence-corrected chi connectivity index (χ1v) is 6.30. The van der Waals surface area contributed by atoms with Gasteiger partial charge in [-0.3, -0.25) is 0 Å². The van der Waals surface area contributed by atoms with Gasteiger partial charge in [0, 0.05) is 0 Å². The molecule has 0 heterocycles. The van der Waals surface area contributed by atoms with Gasteiger partial charge in [0.25, 0.3) is 0 Å². The zero-order valence-electron chi connectivity index (χ0n) is 11.2. The van der Waals surface area contributed by atoms with Gasteiger partial charge in [-0.05, 0) is 37.1 Å². The molecule has 0 aliphatic heterocycles. The van der Waals surface area contributed by atoms with Crippen molar-refractivity contribution in [2.24, 2.45) is 0 Å². The molecule has 0 atom stereocenters. The number of benzene rings is 2. The maximum atomic E-state index is 14.1. The second-order valence-electron chi connectivity index (χ2n) is 4.28. The van der Waals surface area contributed by atoms with Crippen LogP contribution in [0.4, 0.5) is 4.39 Å². The zero-order chi connectivity index (χ0) is 13.7. The smallest absolute Gasteiger partial charge is 0.206 e. The van der Waals surface area contributed by atoms with E-state index in [1.54, 1.807) is 12.1 Å². The van der Waals surface area contributed by atoms with Crippen molar-refractivity contribution < 1.29 is 13.9 Å². The Hall–Kier alpha value is -2.03. The number of rotatable bonds is 5. The minimum Gasteiger partial charge on any atom is -0.491 e. The monoisotopic (exact) mass is 260 g/mol. The van der Waals surface area contributed by atoms with Gasteiger partial charge in [0.05, 0.1) is 6.61 Å². The standard InChI is InChI=1S/C16H17FO2/c1-3-18-14-9-12(2)10-15(16(14)17)19-11-13-7-5-4-6-8-13/h4-10H,3,11H2,1-2H3. The normalized spacial score (nSPS) is 10.3. The Labute approximate surface area is 112 Å². The van der Waals surface area contributed by atoms with Crippen LogP contribution in [0.2, 0.25) is 0 Å². The minimum atomic E-state index is -0.441. The van der Waals surface area contributed by atoms with Crippen LogP contribution in [0.15, 0.2) is 42.5 Å². The lowest BCUT2D eigenvalue weighted by molar-refractivity contribution is 0.273. The Morgan fingerprint density at radius 1 is 1.00 bits per heavy atom. The summed E-state index contributed by atoms with van der Waals surface area (Å²) < 4.78 is 24.9. The molecule has 0 saturated heterocycles. The highest BCUT2D eigenvalue weighted by molar-refractivity contribution is 5.40. The lowest BCUT2D eigenvalue weighted by Crippen LogP contribution is -2.01. The third kappa shape index (κ3) is 3.47. The summed E-state index contributed by atoms with van der Waals surface area (Å²) in [7, 11) is 0. The summed E-state index contributed by atoms with van der Waals surface area (Å²) in [5, 5.41) is 0. The molecule has 3 heteroatoms. The van der Waals surface area contributed by atoms with E-state index in [0.717, 1.165) is 11.1 Å². The molecule has 2 rings (SSSR count). The Morgan fingerprint density at radius 2 is 1.63 bits per heavy atom. The van der Waals surface area contributed by atoms with E-state index in [1.807, 2.05) is 44.2 Å². The first kappa shape index (κ1) is 13.4. The number of aryl methyl sites for hydroxylation is 1. The molecule has 19 heavy (non-hydrogen) atoms. The highest BCUT2D eigenvalue weighted by atomic mass is 19.1. The molecule has 0 aromatic heterocycles. The molecule has 0 fully saturated rings. The van der Waals surface area contributed by atoms with Crippen LogP contribution in [0.3, 0.4) is 0 Å². The van der Waals surface area contributed by atoms with Crippen molar-refractivity contribution in [3.8, 4) is 11.5 Å². The van der Waals surface area contributed by atoms with Crippen LogP contribution < -0.4 is 9.47 Å². The fourth-order valence-corrected chi connectivity index (χ4v) is 1.80. The predicted octanol–water partition coefficient (Wildman–Crippen LogP) is 4.11. The number of hydrogen-bond donors (Lipinski definition) is 0. The molecular formula is C16H17FO2. The average Bonchev–Trinajstić information content (AvgIpc) is 2.42. The number of hydrogen-bond acceptors (Lipinski definition) is 2. The third-order valence-corrected chi connectivity index (χ3v) is 2.69. The SMILES string of the molecule is CCOc1cc(C)cc(OCc2ccccc2)c1F. The molecule has 0 unspecified atom stereocenters. The zero-order valence-corrected chi connectivity index (χ0v) is 11.2. The van der Waals surface area contributed by atoms with Crippen molar-refractivity contribution in [1.82, 2.24) is 0 Å². The van der Waals surface area contributed by atoms with Crippen LogP contribution in [-0.2, 0) is 6.61 Å². The summed E-state index contributed by atoms with van der Waals surface area (Å²) in [6.07, 6.45) is 0. The molecule has 0 amide bonds. The van der Waals surface area contributed by atoms with E-state index in [9.17, 15) is 4.39 Å². The van der Waals surface area contributed by atoms with Gasteiger partial charge in [-0.15, -0.1) is 0 Å². The van der Waals surface area contributed by atoms with Gasteiger partial charge in [-0.2, -0.15) is 4.39 Å². The van der Waals surface area contributed by atoms with Crippen molar-refractivity contribution in [1.29, 1.82) is 0 Å². The molecule has 2 aromatic carbocycles. The van der Waals surface area contributed by atoms with Crippen LogP contribution in [0.25, 0.3) is 0 Å². The van der Waals surface area contributed by atoms with Gasteiger partial charge in [0.15, 0.2) is 11.5 Å². The van der Waals surface area contributed by atoms with Crippen molar-refractivity contribution in [3.05, 3.63) is 59.4 Å². The van der Waals surface area contributed by atoms with Crippen molar-refractivity contribution in [2.75, 3.05) is 6.61 Å². The molecular weight excluding hydrogens is 243 g/mol. The molecule has 0 aliphatic carbocycles. The number of ether oxygens (including phenoxy) is 2. The maximum Gasteiger partial charge on any atom is 0.206 e. The Morgan fingerprint density at radius 3 is 2.26 bits per heavy atom. The first-order valence-electron chi connectivity index (χ1n) is 6.30. The minimum absolute atomic E-state index is 0.229. The Bertz CT molecular complexity index is 538. The van der Waals surface area contributed by atoms with Gasteiger partial charge in [0.1, 0.15) is 6.61 Å². The van der Waals surface area contributed by atoms with Crippen LogP contribution in [0.5, 0.6) is 11.5 Å². The Balaban J connectivity index is 2.16. The molecule has 100 valence electrons. The summed E-state index contributed by atoms with van der Waals surface area (Å²) in [5.74, 6) is 0.0289. The van der Waals surface area contributed by atoms with Gasteiger partial charge < -0.3 is 9.47 Å². The van der Waals surface area contributed by atoms with Crippen LogP contribution in [0, 0.1) is 12.7 Å². The third-order valence-electron chi connectivity index (χ3n) is 2.69. The average molecular weight is 260 g/mol. The highest BCUT2D eigenvalue weighted by Gasteiger charge is 2.12. The molecule has 0 N–H and O–H groups in total. The molecule has 2 nitrogen and oxygen atoms in total. The summed E-state index contributed by atoms with van der Waals surface area (Å²) in [5.41, 5.74) is 1.91. The largest absolute Gasteiger partial charge is 0.491 e. The van der Waals surface area contributed by atoms with Crippen LogP contribution in [0.1, 0.15) is 18.1 Å². The predicted molar refractivity (Wildman–Crippen MR) is 73.1 cm³/mol.